The lowest BCUT2D eigenvalue weighted by Gasteiger charge is -2.41. The monoisotopic (exact) mass is 477 g/mol. The van der Waals surface area contributed by atoms with Gasteiger partial charge in [0.05, 0.1) is 6.10 Å². The molecule has 0 aromatic heterocycles. The fraction of sp³-hybridized carbons (Fsp3) is 0.552. The van der Waals surface area contributed by atoms with Crippen molar-refractivity contribution < 1.29 is 14.6 Å². The van der Waals surface area contributed by atoms with Crippen LogP contribution in [0.25, 0.3) is 0 Å². The Labute approximate surface area is 209 Å². The van der Waals surface area contributed by atoms with E-state index in [2.05, 4.69) is 52.7 Å². The van der Waals surface area contributed by atoms with Gasteiger partial charge < -0.3 is 25.0 Å². The Morgan fingerprint density at radius 2 is 1.69 bits per heavy atom. The van der Waals surface area contributed by atoms with Crippen molar-refractivity contribution in [1.82, 2.24) is 10.2 Å². The lowest BCUT2D eigenvalue weighted by atomic mass is 9.74. The molecule has 2 aromatic carbocycles. The number of nitrogens with one attached hydrogen (secondary N) is 1. The molecule has 0 bridgehead atoms. The molecule has 0 radical (unpaired) electrons. The van der Waals surface area contributed by atoms with E-state index in [9.17, 15) is 9.90 Å². The molecule has 2 aromatic rings. The highest BCUT2D eigenvalue weighted by Gasteiger charge is 2.35. The van der Waals surface area contributed by atoms with E-state index in [1.165, 1.54) is 11.3 Å². The minimum Gasteiger partial charge on any atom is -0.391 e. The SMILES string of the molecule is O=C(c1ccc(N2CCC(NCC3(c4ccccc4)CCOCC3)CC2)cc1)N1CCC[C@H](O)C1. The van der Waals surface area contributed by atoms with Gasteiger partial charge in [-0.2, -0.15) is 0 Å². The standard InChI is InChI=1S/C29H39N3O3/c33-27-7-4-16-32(21-27)28(34)23-8-10-26(11-9-23)31-17-12-25(13-18-31)30-22-29(14-19-35-20-15-29)24-5-2-1-3-6-24/h1-3,5-6,8-11,25,27,30,33H,4,7,12-22H2/t27-/m0/s1. The predicted octanol–water partition coefficient (Wildman–Crippen LogP) is 3.59. The van der Waals surface area contributed by atoms with Crippen molar-refractivity contribution in [3.05, 3.63) is 65.7 Å². The van der Waals surface area contributed by atoms with Crippen molar-refractivity contribution in [2.45, 2.75) is 56.1 Å². The predicted molar refractivity (Wildman–Crippen MR) is 139 cm³/mol. The highest BCUT2D eigenvalue weighted by Crippen LogP contribution is 2.34. The van der Waals surface area contributed by atoms with E-state index >= 15 is 0 Å². The van der Waals surface area contributed by atoms with E-state index in [1.807, 2.05) is 12.1 Å². The van der Waals surface area contributed by atoms with Crippen LogP contribution in [-0.2, 0) is 10.2 Å². The Balaban J connectivity index is 1.14. The van der Waals surface area contributed by atoms with Gasteiger partial charge in [-0.1, -0.05) is 30.3 Å². The van der Waals surface area contributed by atoms with Crippen LogP contribution < -0.4 is 10.2 Å². The third-order valence-corrected chi connectivity index (χ3v) is 8.22. The number of anilines is 1. The summed E-state index contributed by atoms with van der Waals surface area (Å²) in [6.07, 6.45) is 5.65. The number of benzene rings is 2. The van der Waals surface area contributed by atoms with Gasteiger partial charge in [0.15, 0.2) is 0 Å². The third kappa shape index (κ3) is 5.71. The summed E-state index contributed by atoms with van der Waals surface area (Å²) < 4.78 is 5.69. The van der Waals surface area contributed by atoms with Crippen molar-refractivity contribution in [3.63, 3.8) is 0 Å². The topological polar surface area (TPSA) is 65.0 Å². The van der Waals surface area contributed by atoms with Crippen LogP contribution >= 0.6 is 0 Å². The first-order chi connectivity index (χ1) is 17.1. The van der Waals surface area contributed by atoms with Crippen LogP contribution in [0, 0.1) is 0 Å². The van der Waals surface area contributed by atoms with Crippen LogP contribution in [0.5, 0.6) is 0 Å². The summed E-state index contributed by atoms with van der Waals surface area (Å²) in [4.78, 5) is 17.0. The molecular formula is C29H39N3O3. The molecule has 6 nitrogen and oxygen atoms in total. The van der Waals surface area contributed by atoms with E-state index in [4.69, 9.17) is 4.74 Å². The average Bonchev–Trinajstić information content (AvgIpc) is 2.93. The molecule has 35 heavy (non-hydrogen) atoms. The van der Waals surface area contributed by atoms with E-state index in [0.717, 1.165) is 77.9 Å². The second-order valence-electron chi connectivity index (χ2n) is 10.5. The van der Waals surface area contributed by atoms with Crippen LogP contribution in [0.2, 0.25) is 0 Å². The molecule has 0 saturated carbocycles. The zero-order valence-electron chi connectivity index (χ0n) is 20.7. The van der Waals surface area contributed by atoms with Gasteiger partial charge in [0.25, 0.3) is 5.91 Å². The van der Waals surface area contributed by atoms with Crippen LogP contribution in [0.4, 0.5) is 5.69 Å². The number of β-amino-alcohol motifs (C(OH)–C–C–N with tert-alkyl or cyclic N) is 1. The van der Waals surface area contributed by atoms with Crippen molar-refractivity contribution >= 4 is 11.6 Å². The Hall–Kier alpha value is -2.41. The summed E-state index contributed by atoms with van der Waals surface area (Å²) >= 11 is 0. The van der Waals surface area contributed by atoms with E-state index in [0.29, 0.717) is 18.2 Å². The molecule has 0 spiro atoms. The van der Waals surface area contributed by atoms with Crippen molar-refractivity contribution in [3.8, 4) is 0 Å². The fourth-order valence-corrected chi connectivity index (χ4v) is 5.94. The van der Waals surface area contributed by atoms with Crippen LogP contribution in [0.3, 0.4) is 0 Å². The van der Waals surface area contributed by atoms with Crippen molar-refractivity contribution in [1.29, 1.82) is 0 Å². The van der Waals surface area contributed by atoms with Crippen LogP contribution in [0.15, 0.2) is 54.6 Å². The molecule has 6 heteroatoms. The van der Waals surface area contributed by atoms with Gasteiger partial charge in [0.2, 0.25) is 0 Å². The van der Waals surface area contributed by atoms with Gasteiger partial charge in [0, 0.05) is 68.6 Å². The summed E-state index contributed by atoms with van der Waals surface area (Å²) in [6.45, 7) is 5.90. The molecule has 3 saturated heterocycles. The van der Waals surface area contributed by atoms with Gasteiger partial charge >= 0.3 is 0 Å². The van der Waals surface area contributed by atoms with Crippen LogP contribution in [0.1, 0.15) is 54.4 Å². The second-order valence-corrected chi connectivity index (χ2v) is 10.5. The summed E-state index contributed by atoms with van der Waals surface area (Å²) in [5.74, 6) is 0.0265. The normalized spacial score (nSPS) is 23.3. The highest BCUT2D eigenvalue weighted by atomic mass is 16.5. The number of carbonyl (C=O) groups excluding carboxylic acids is 1. The molecule has 5 rings (SSSR count). The molecular weight excluding hydrogens is 438 g/mol. The molecule has 0 aliphatic carbocycles. The Bertz CT molecular complexity index is 951. The van der Waals surface area contributed by atoms with Gasteiger partial charge in [-0.3, -0.25) is 4.79 Å². The minimum absolute atomic E-state index is 0.0265. The number of hydrogen-bond acceptors (Lipinski definition) is 5. The van der Waals surface area contributed by atoms with Gasteiger partial charge in [-0.25, -0.2) is 0 Å². The van der Waals surface area contributed by atoms with E-state index in [-0.39, 0.29) is 11.3 Å². The maximum atomic E-state index is 12.8. The molecule has 1 atom stereocenters. The van der Waals surface area contributed by atoms with E-state index < -0.39 is 6.10 Å². The maximum Gasteiger partial charge on any atom is 0.253 e. The largest absolute Gasteiger partial charge is 0.391 e. The first-order valence-corrected chi connectivity index (χ1v) is 13.3. The van der Waals surface area contributed by atoms with Gasteiger partial charge in [0.1, 0.15) is 0 Å². The summed E-state index contributed by atoms with van der Waals surface area (Å²) in [5, 5.41) is 13.8. The number of aliphatic hydroxyl groups is 1. The fourth-order valence-electron chi connectivity index (χ4n) is 5.94. The zero-order valence-corrected chi connectivity index (χ0v) is 20.7. The number of hydrogen-bond donors (Lipinski definition) is 2. The number of carbonyl (C=O) groups is 1. The van der Waals surface area contributed by atoms with Crippen LogP contribution in [-0.4, -0.2) is 74.0 Å². The number of rotatable bonds is 6. The third-order valence-electron chi connectivity index (χ3n) is 8.22. The van der Waals surface area contributed by atoms with Gasteiger partial charge in [-0.15, -0.1) is 0 Å². The molecule has 3 aliphatic heterocycles. The summed E-state index contributed by atoms with van der Waals surface area (Å²) in [7, 11) is 0. The summed E-state index contributed by atoms with van der Waals surface area (Å²) in [6, 6.07) is 19.5. The smallest absolute Gasteiger partial charge is 0.253 e. The summed E-state index contributed by atoms with van der Waals surface area (Å²) in [5.41, 5.74) is 3.50. The Morgan fingerprint density at radius 3 is 2.37 bits per heavy atom. The number of amides is 1. The minimum atomic E-state index is -0.393. The Kier molecular flexibility index (Phi) is 7.71. The lowest BCUT2D eigenvalue weighted by Crippen LogP contribution is -2.49. The first kappa shape index (κ1) is 24.3. The molecule has 2 N–H and O–H groups in total. The lowest BCUT2D eigenvalue weighted by molar-refractivity contribution is 0.0473. The molecule has 3 fully saturated rings. The Morgan fingerprint density at radius 1 is 0.971 bits per heavy atom. The molecule has 1 amide bonds. The number of ether oxygens (including phenoxy) is 1. The van der Waals surface area contributed by atoms with Crippen molar-refractivity contribution in [2.24, 2.45) is 0 Å². The van der Waals surface area contributed by atoms with Crippen molar-refractivity contribution in [2.75, 3.05) is 50.8 Å². The highest BCUT2D eigenvalue weighted by molar-refractivity contribution is 5.94. The number of piperidine rings is 2. The zero-order chi connectivity index (χ0) is 24.1. The van der Waals surface area contributed by atoms with E-state index in [1.54, 1.807) is 4.90 Å². The number of likely N-dealkylation sites (tertiary alicyclic amines) is 1. The number of aliphatic hydroxyl groups excluding tert-OH is 1. The number of nitrogens with zero attached hydrogens (tertiary/aromatic N) is 2. The maximum absolute atomic E-state index is 12.8. The molecule has 3 heterocycles. The average molecular weight is 478 g/mol. The molecule has 0 unspecified atom stereocenters. The first-order valence-electron chi connectivity index (χ1n) is 13.3. The molecule has 188 valence electrons. The second kappa shape index (κ2) is 11.1. The molecule has 3 aliphatic rings. The quantitative estimate of drug-likeness (QED) is 0.666. The van der Waals surface area contributed by atoms with Gasteiger partial charge in [-0.05, 0) is 68.4 Å².